The average Bonchev–Trinajstić information content (AvgIpc) is 2.28. The summed E-state index contributed by atoms with van der Waals surface area (Å²) in [7, 11) is 0. The predicted molar refractivity (Wildman–Crippen MR) is 59.0 cm³/mol. The third-order valence-electron chi connectivity index (χ3n) is 2.95. The Morgan fingerprint density at radius 2 is 2.18 bits per heavy atom. The van der Waals surface area contributed by atoms with Crippen molar-refractivity contribution in [3.8, 4) is 0 Å². The van der Waals surface area contributed by atoms with E-state index in [1.165, 1.54) is 17.0 Å². The molecule has 0 saturated carbocycles. The van der Waals surface area contributed by atoms with E-state index in [0.717, 1.165) is 12.5 Å². The minimum Gasteiger partial charge on any atom is -0.337 e. The normalized spacial score (nSPS) is 20.8. The lowest BCUT2D eigenvalue weighted by atomic mass is 10.0. The molecule has 1 fully saturated rings. The molecule has 0 aliphatic carbocycles. The summed E-state index contributed by atoms with van der Waals surface area (Å²) in [4.78, 5) is 13.2. The van der Waals surface area contributed by atoms with E-state index in [1.807, 2.05) is 0 Å². The number of amides is 1. The van der Waals surface area contributed by atoms with Gasteiger partial charge in [-0.3, -0.25) is 4.79 Å². The van der Waals surface area contributed by atoms with E-state index in [1.54, 1.807) is 0 Å². The molecule has 0 bridgehead atoms. The van der Waals surface area contributed by atoms with Gasteiger partial charge in [-0.05, 0) is 18.9 Å². The number of carbonyl (C=O) groups is 1. The Morgan fingerprint density at radius 1 is 1.41 bits per heavy atom. The van der Waals surface area contributed by atoms with Crippen molar-refractivity contribution >= 4 is 5.91 Å². The Hall–Kier alpha value is -1.49. The number of hydrogen-bond acceptors (Lipinski definition) is 2. The number of halogens is 2. The fourth-order valence-corrected chi connectivity index (χ4v) is 1.98. The SMILES string of the molecule is N[C@H]1CCCN(Cc2ccc(F)cc2F)C1=O. The highest BCUT2D eigenvalue weighted by molar-refractivity contribution is 5.82. The van der Waals surface area contributed by atoms with E-state index >= 15 is 0 Å². The number of nitrogens with zero attached hydrogens (tertiary/aromatic N) is 1. The molecule has 5 heteroatoms. The Labute approximate surface area is 98.2 Å². The molecule has 2 N–H and O–H groups in total. The molecule has 0 spiro atoms. The highest BCUT2D eigenvalue weighted by atomic mass is 19.1. The van der Waals surface area contributed by atoms with Crippen molar-refractivity contribution in [3.05, 3.63) is 35.4 Å². The first-order chi connectivity index (χ1) is 8.08. The fourth-order valence-electron chi connectivity index (χ4n) is 1.98. The van der Waals surface area contributed by atoms with Crippen LogP contribution >= 0.6 is 0 Å². The lowest BCUT2D eigenvalue weighted by Gasteiger charge is -2.30. The van der Waals surface area contributed by atoms with Crippen LogP contribution in [0.3, 0.4) is 0 Å². The van der Waals surface area contributed by atoms with E-state index in [-0.39, 0.29) is 12.5 Å². The van der Waals surface area contributed by atoms with E-state index in [9.17, 15) is 13.6 Å². The first-order valence-corrected chi connectivity index (χ1v) is 5.56. The number of benzene rings is 1. The highest BCUT2D eigenvalue weighted by Gasteiger charge is 2.26. The van der Waals surface area contributed by atoms with Gasteiger partial charge < -0.3 is 10.6 Å². The van der Waals surface area contributed by atoms with Gasteiger partial charge in [0.2, 0.25) is 5.91 Å². The first kappa shape index (κ1) is 12.0. The summed E-state index contributed by atoms with van der Waals surface area (Å²) in [5.74, 6) is -1.41. The number of likely N-dealkylation sites (tertiary alicyclic amines) is 1. The Kier molecular flexibility index (Phi) is 3.38. The largest absolute Gasteiger partial charge is 0.337 e. The molecule has 2 rings (SSSR count). The summed E-state index contributed by atoms with van der Waals surface area (Å²) in [6, 6.07) is 2.88. The summed E-state index contributed by atoms with van der Waals surface area (Å²) in [5.41, 5.74) is 5.95. The van der Waals surface area contributed by atoms with Crippen molar-refractivity contribution in [1.29, 1.82) is 0 Å². The number of hydrogen-bond donors (Lipinski definition) is 1. The van der Waals surface area contributed by atoms with Crippen LogP contribution in [0, 0.1) is 11.6 Å². The van der Waals surface area contributed by atoms with Gasteiger partial charge in [-0.1, -0.05) is 6.07 Å². The molecule has 3 nitrogen and oxygen atoms in total. The maximum absolute atomic E-state index is 13.4. The van der Waals surface area contributed by atoms with Crippen LogP contribution in [0.5, 0.6) is 0 Å². The van der Waals surface area contributed by atoms with Crippen LogP contribution < -0.4 is 5.73 Å². The zero-order valence-electron chi connectivity index (χ0n) is 9.33. The van der Waals surface area contributed by atoms with Crippen LogP contribution in [0.15, 0.2) is 18.2 Å². The van der Waals surface area contributed by atoms with Gasteiger partial charge in [0.1, 0.15) is 11.6 Å². The van der Waals surface area contributed by atoms with Crippen molar-refractivity contribution in [2.45, 2.75) is 25.4 Å². The lowest BCUT2D eigenvalue weighted by Crippen LogP contribution is -2.47. The summed E-state index contributed by atoms with van der Waals surface area (Å²) in [5, 5.41) is 0. The van der Waals surface area contributed by atoms with Crippen molar-refractivity contribution in [2.24, 2.45) is 5.73 Å². The van der Waals surface area contributed by atoms with E-state index < -0.39 is 17.7 Å². The third kappa shape index (κ3) is 2.61. The lowest BCUT2D eigenvalue weighted by molar-refractivity contribution is -0.135. The number of nitrogens with two attached hydrogens (primary N) is 1. The molecule has 1 aliphatic rings. The second-order valence-corrected chi connectivity index (χ2v) is 4.24. The molecule has 0 aromatic heterocycles. The van der Waals surface area contributed by atoms with Crippen molar-refractivity contribution < 1.29 is 13.6 Å². The van der Waals surface area contributed by atoms with Crippen LogP contribution in [0.2, 0.25) is 0 Å². The second-order valence-electron chi connectivity index (χ2n) is 4.24. The third-order valence-corrected chi connectivity index (χ3v) is 2.95. The van der Waals surface area contributed by atoms with Gasteiger partial charge in [0.05, 0.1) is 6.04 Å². The maximum atomic E-state index is 13.4. The van der Waals surface area contributed by atoms with Gasteiger partial charge in [-0.15, -0.1) is 0 Å². The smallest absolute Gasteiger partial charge is 0.239 e. The predicted octanol–water partition coefficient (Wildman–Crippen LogP) is 1.41. The number of carbonyl (C=O) groups excluding carboxylic acids is 1. The van der Waals surface area contributed by atoms with Crippen LogP contribution in [0.1, 0.15) is 18.4 Å². The molecule has 0 radical (unpaired) electrons. The molecule has 1 aromatic rings. The summed E-state index contributed by atoms with van der Waals surface area (Å²) in [6.07, 6.45) is 1.48. The van der Waals surface area contributed by atoms with Crippen LogP contribution in [-0.4, -0.2) is 23.4 Å². The molecule has 1 atom stereocenters. The van der Waals surface area contributed by atoms with Crippen molar-refractivity contribution in [3.63, 3.8) is 0 Å². The Morgan fingerprint density at radius 3 is 2.88 bits per heavy atom. The van der Waals surface area contributed by atoms with Gasteiger partial charge >= 0.3 is 0 Å². The summed E-state index contributed by atoms with van der Waals surface area (Å²) < 4.78 is 26.1. The standard InChI is InChI=1S/C12H14F2N2O/c13-9-4-3-8(10(14)6-9)7-16-5-1-2-11(15)12(16)17/h3-4,6,11H,1-2,5,7,15H2/t11-/m0/s1. The molecule has 17 heavy (non-hydrogen) atoms. The zero-order valence-corrected chi connectivity index (χ0v) is 9.33. The highest BCUT2D eigenvalue weighted by Crippen LogP contribution is 2.16. The van der Waals surface area contributed by atoms with E-state index in [0.29, 0.717) is 18.5 Å². The molecule has 1 aromatic carbocycles. The van der Waals surface area contributed by atoms with Crippen molar-refractivity contribution in [2.75, 3.05) is 6.54 Å². The zero-order chi connectivity index (χ0) is 12.4. The molecule has 1 aliphatic heterocycles. The Balaban J connectivity index is 2.12. The van der Waals surface area contributed by atoms with Crippen LogP contribution in [0.25, 0.3) is 0 Å². The molecule has 1 saturated heterocycles. The van der Waals surface area contributed by atoms with Crippen LogP contribution in [0.4, 0.5) is 8.78 Å². The number of rotatable bonds is 2. The van der Waals surface area contributed by atoms with Gasteiger partial charge in [0.25, 0.3) is 0 Å². The average molecular weight is 240 g/mol. The molecule has 1 amide bonds. The van der Waals surface area contributed by atoms with Gasteiger partial charge in [0, 0.05) is 24.7 Å². The molecule has 92 valence electrons. The minimum atomic E-state index is -0.628. The minimum absolute atomic E-state index is 0.151. The second kappa shape index (κ2) is 4.79. The number of piperidine rings is 1. The topological polar surface area (TPSA) is 46.3 Å². The summed E-state index contributed by atoms with van der Waals surface area (Å²) >= 11 is 0. The van der Waals surface area contributed by atoms with Crippen molar-refractivity contribution in [1.82, 2.24) is 4.90 Å². The fraction of sp³-hybridized carbons (Fsp3) is 0.417. The quantitative estimate of drug-likeness (QED) is 0.849. The maximum Gasteiger partial charge on any atom is 0.239 e. The van der Waals surface area contributed by atoms with Gasteiger partial charge in [-0.25, -0.2) is 8.78 Å². The summed E-state index contributed by atoms with van der Waals surface area (Å²) in [6.45, 7) is 0.724. The monoisotopic (exact) mass is 240 g/mol. The molecular weight excluding hydrogens is 226 g/mol. The van der Waals surface area contributed by atoms with E-state index in [2.05, 4.69) is 0 Å². The van der Waals surface area contributed by atoms with Gasteiger partial charge in [-0.2, -0.15) is 0 Å². The molecular formula is C12H14F2N2O. The molecule has 0 unspecified atom stereocenters. The Bertz CT molecular complexity index is 437. The van der Waals surface area contributed by atoms with Crippen LogP contribution in [-0.2, 0) is 11.3 Å². The van der Waals surface area contributed by atoms with Gasteiger partial charge in [0.15, 0.2) is 0 Å². The first-order valence-electron chi connectivity index (χ1n) is 5.56. The van der Waals surface area contributed by atoms with E-state index in [4.69, 9.17) is 5.73 Å². The molecule has 1 heterocycles.